The third kappa shape index (κ3) is 3.25. The Morgan fingerprint density at radius 1 is 1.57 bits per heavy atom. The van der Waals surface area contributed by atoms with Gasteiger partial charge in [0.25, 0.3) is 0 Å². The molecule has 4 nitrogen and oxygen atoms in total. The number of carbonyl (C=O) groups excluding carboxylic acids is 1. The Bertz CT molecular complexity index is 391. The van der Waals surface area contributed by atoms with Crippen molar-refractivity contribution >= 4 is 5.91 Å². The Hall–Kier alpha value is -1.86. The molecule has 0 aromatic carbocycles. The van der Waals surface area contributed by atoms with Crippen LogP contribution in [0.3, 0.4) is 0 Å². The first-order valence-electron chi connectivity index (χ1n) is 4.06. The zero-order valence-corrected chi connectivity index (χ0v) is 7.53. The zero-order chi connectivity index (χ0) is 10.4. The third-order valence-corrected chi connectivity index (χ3v) is 1.45. The van der Waals surface area contributed by atoms with Gasteiger partial charge < -0.3 is 10.8 Å². The van der Waals surface area contributed by atoms with Crippen LogP contribution in [0.25, 0.3) is 0 Å². The van der Waals surface area contributed by atoms with E-state index in [0.29, 0.717) is 11.4 Å². The first-order valence-corrected chi connectivity index (χ1v) is 4.06. The molecule has 1 heterocycles. The van der Waals surface area contributed by atoms with E-state index < -0.39 is 5.91 Å². The van der Waals surface area contributed by atoms with Crippen molar-refractivity contribution in [3.63, 3.8) is 0 Å². The van der Waals surface area contributed by atoms with E-state index in [1.807, 2.05) is 0 Å². The van der Waals surface area contributed by atoms with Gasteiger partial charge in [0.05, 0.1) is 18.7 Å². The minimum absolute atomic E-state index is 0.0189. The molecule has 0 aliphatic heterocycles. The van der Waals surface area contributed by atoms with Crippen molar-refractivity contribution in [3.05, 3.63) is 29.6 Å². The molecule has 0 bridgehead atoms. The van der Waals surface area contributed by atoms with Crippen LogP contribution in [0.2, 0.25) is 0 Å². The number of aliphatic hydroxyl groups excluding tert-OH is 1. The van der Waals surface area contributed by atoms with Gasteiger partial charge in [-0.1, -0.05) is 12.0 Å². The van der Waals surface area contributed by atoms with E-state index >= 15 is 0 Å². The Labute approximate surface area is 81.8 Å². The smallest absolute Gasteiger partial charge is 0.229 e. The van der Waals surface area contributed by atoms with Crippen LogP contribution in [0.1, 0.15) is 17.8 Å². The molecule has 0 atom stereocenters. The van der Waals surface area contributed by atoms with Gasteiger partial charge in [0.15, 0.2) is 0 Å². The molecule has 14 heavy (non-hydrogen) atoms. The zero-order valence-electron chi connectivity index (χ0n) is 7.53. The monoisotopic (exact) mass is 190 g/mol. The number of nitrogens with two attached hydrogens (primary N) is 1. The van der Waals surface area contributed by atoms with Crippen molar-refractivity contribution in [2.45, 2.75) is 13.0 Å². The van der Waals surface area contributed by atoms with Crippen LogP contribution in [-0.4, -0.2) is 16.0 Å². The molecule has 0 saturated carbocycles. The molecule has 0 spiro atoms. The Morgan fingerprint density at radius 3 is 3.00 bits per heavy atom. The SMILES string of the molecule is NC(=O)CC#Cc1cccc(CO)n1. The van der Waals surface area contributed by atoms with E-state index in [1.165, 1.54) is 0 Å². The summed E-state index contributed by atoms with van der Waals surface area (Å²) in [6, 6.07) is 5.14. The molecule has 0 saturated heterocycles. The summed E-state index contributed by atoms with van der Waals surface area (Å²) in [6.45, 7) is -0.120. The molecule has 0 radical (unpaired) electrons. The largest absolute Gasteiger partial charge is 0.390 e. The van der Waals surface area contributed by atoms with Crippen LogP contribution in [0.15, 0.2) is 18.2 Å². The molecule has 0 fully saturated rings. The summed E-state index contributed by atoms with van der Waals surface area (Å²) in [5, 5.41) is 8.79. The number of nitrogens with zero attached hydrogens (tertiary/aromatic N) is 1. The van der Waals surface area contributed by atoms with Crippen molar-refractivity contribution in [3.8, 4) is 11.8 Å². The molecule has 4 heteroatoms. The van der Waals surface area contributed by atoms with E-state index in [1.54, 1.807) is 18.2 Å². The minimum Gasteiger partial charge on any atom is -0.390 e. The minimum atomic E-state index is -0.462. The summed E-state index contributed by atoms with van der Waals surface area (Å²) in [5.74, 6) is 4.80. The molecule has 0 aliphatic carbocycles. The second-order valence-electron chi connectivity index (χ2n) is 2.62. The van der Waals surface area contributed by atoms with Gasteiger partial charge >= 0.3 is 0 Å². The third-order valence-electron chi connectivity index (χ3n) is 1.45. The van der Waals surface area contributed by atoms with Crippen molar-refractivity contribution < 1.29 is 9.90 Å². The topological polar surface area (TPSA) is 76.2 Å². The fraction of sp³-hybridized carbons (Fsp3) is 0.200. The van der Waals surface area contributed by atoms with Gasteiger partial charge in [0.1, 0.15) is 5.69 Å². The van der Waals surface area contributed by atoms with Gasteiger partial charge in [-0.15, -0.1) is 0 Å². The average molecular weight is 190 g/mol. The van der Waals surface area contributed by atoms with E-state index in [9.17, 15) is 4.79 Å². The molecular formula is C10H10N2O2. The normalized spacial score (nSPS) is 8.93. The van der Waals surface area contributed by atoms with Gasteiger partial charge in [-0.2, -0.15) is 0 Å². The standard InChI is InChI=1S/C10H10N2O2/c11-10(14)6-2-4-8-3-1-5-9(7-13)12-8/h1,3,5,13H,6-7H2,(H2,11,14). The molecule has 72 valence electrons. The summed E-state index contributed by atoms with van der Waals surface area (Å²) in [6.07, 6.45) is 0.0189. The van der Waals surface area contributed by atoms with Crippen LogP contribution < -0.4 is 5.73 Å². The van der Waals surface area contributed by atoms with Crippen molar-refractivity contribution in [2.75, 3.05) is 0 Å². The van der Waals surface area contributed by atoms with Crippen LogP contribution in [0, 0.1) is 11.8 Å². The lowest BCUT2D eigenvalue weighted by atomic mass is 10.3. The van der Waals surface area contributed by atoms with Crippen LogP contribution in [0.4, 0.5) is 0 Å². The summed E-state index contributed by atoms with van der Waals surface area (Å²) in [5.41, 5.74) is 5.99. The first kappa shape index (κ1) is 10.2. The Kier molecular flexibility index (Phi) is 3.65. The molecular weight excluding hydrogens is 180 g/mol. The van der Waals surface area contributed by atoms with Crippen LogP contribution in [-0.2, 0) is 11.4 Å². The number of hydrogen-bond acceptors (Lipinski definition) is 3. The summed E-state index contributed by atoms with van der Waals surface area (Å²) in [7, 11) is 0. The number of hydrogen-bond donors (Lipinski definition) is 2. The van der Waals surface area contributed by atoms with Gasteiger partial charge in [-0.25, -0.2) is 4.98 Å². The van der Waals surface area contributed by atoms with E-state index in [0.717, 1.165) is 0 Å². The van der Waals surface area contributed by atoms with E-state index in [-0.39, 0.29) is 13.0 Å². The number of aliphatic hydroxyl groups is 1. The number of pyridine rings is 1. The molecule has 1 rings (SSSR count). The van der Waals surface area contributed by atoms with E-state index in [4.69, 9.17) is 10.8 Å². The lowest BCUT2D eigenvalue weighted by Crippen LogP contribution is -2.08. The maximum Gasteiger partial charge on any atom is 0.229 e. The predicted molar refractivity (Wildman–Crippen MR) is 50.8 cm³/mol. The molecule has 1 aromatic heterocycles. The van der Waals surface area contributed by atoms with Crippen LogP contribution in [0.5, 0.6) is 0 Å². The van der Waals surface area contributed by atoms with Crippen molar-refractivity contribution in [1.82, 2.24) is 4.98 Å². The summed E-state index contributed by atoms with van der Waals surface area (Å²) >= 11 is 0. The molecule has 3 N–H and O–H groups in total. The number of carbonyl (C=O) groups is 1. The summed E-state index contributed by atoms with van der Waals surface area (Å²) < 4.78 is 0. The van der Waals surface area contributed by atoms with Gasteiger partial charge in [0, 0.05) is 0 Å². The highest BCUT2D eigenvalue weighted by Gasteiger charge is 1.92. The maximum atomic E-state index is 10.4. The van der Waals surface area contributed by atoms with Crippen molar-refractivity contribution in [1.29, 1.82) is 0 Å². The highest BCUT2D eigenvalue weighted by atomic mass is 16.3. The highest BCUT2D eigenvalue weighted by Crippen LogP contribution is 1.97. The molecule has 1 amide bonds. The lowest BCUT2D eigenvalue weighted by molar-refractivity contribution is -0.117. The lowest BCUT2D eigenvalue weighted by Gasteiger charge is -1.94. The molecule has 0 unspecified atom stereocenters. The molecule has 1 aromatic rings. The van der Waals surface area contributed by atoms with Gasteiger partial charge in [-0.05, 0) is 18.1 Å². The second-order valence-corrected chi connectivity index (χ2v) is 2.62. The Balaban J connectivity index is 2.74. The fourth-order valence-electron chi connectivity index (χ4n) is 0.859. The quantitative estimate of drug-likeness (QED) is 0.634. The Morgan fingerprint density at radius 2 is 2.36 bits per heavy atom. The van der Waals surface area contributed by atoms with Gasteiger partial charge in [-0.3, -0.25) is 4.79 Å². The van der Waals surface area contributed by atoms with Crippen molar-refractivity contribution in [2.24, 2.45) is 5.73 Å². The number of aromatic nitrogens is 1. The number of amides is 1. The average Bonchev–Trinajstić information content (AvgIpc) is 2.18. The molecule has 0 aliphatic rings. The number of primary amides is 1. The number of rotatable bonds is 2. The second kappa shape index (κ2) is 5.00. The maximum absolute atomic E-state index is 10.4. The van der Waals surface area contributed by atoms with Crippen LogP contribution >= 0.6 is 0 Å². The fourth-order valence-corrected chi connectivity index (χ4v) is 0.859. The highest BCUT2D eigenvalue weighted by molar-refractivity contribution is 5.76. The van der Waals surface area contributed by atoms with E-state index in [2.05, 4.69) is 16.8 Å². The van der Waals surface area contributed by atoms with Gasteiger partial charge in [0.2, 0.25) is 5.91 Å². The first-order chi connectivity index (χ1) is 6.72. The summed E-state index contributed by atoms with van der Waals surface area (Å²) in [4.78, 5) is 14.4. The predicted octanol–water partition coefficient (Wildman–Crippen LogP) is -0.199.